The maximum absolute atomic E-state index is 11.0. The third-order valence-corrected chi connectivity index (χ3v) is 14.6. The number of nitrogens with zero attached hydrogens (tertiary/aromatic N) is 1. The van der Waals surface area contributed by atoms with Gasteiger partial charge in [-0.1, -0.05) is 47.3 Å². The van der Waals surface area contributed by atoms with E-state index in [1.165, 1.54) is 56.9 Å². The number of aromatic nitrogens is 1. The predicted molar refractivity (Wildman–Crippen MR) is 153 cm³/mol. The van der Waals surface area contributed by atoms with Crippen molar-refractivity contribution in [3.05, 3.63) is 42.7 Å². The molecular formula is C35H54NO2+. The molecule has 3 heteroatoms. The monoisotopic (exact) mass is 520 g/mol. The van der Waals surface area contributed by atoms with Gasteiger partial charge >= 0.3 is 0 Å². The predicted octanol–water partition coefficient (Wildman–Crippen LogP) is 6.97. The third-order valence-electron chi connectivity index (χ3n) is 14.6. The minimum atomic E-state index is -0.163. The lowest BCUT2D eigenvalue weighted by atomic mass is 9.32. The fraction of sp³-hybridized carbons (Fsp3) is 0.800. The van der Waals surface area contributed by atoms with E-state index in [1.54, 1.807) is 0 Å². The van der Waals surface area contributed by atoms with Crippen LogP contribution < -0.4 is 4.57 Å². The van der Waals surface area contributed by atoms with Gasteiger partial charge in [-0.3, -0.25) is 0 Å². The first-order chi connectivity index (χ1) is 17.9. The maximum atomic E-state index is 11.0. The molecule has 5 aliphatic carbocycles. The Morgan fingerprint density at radius 2 is 1.55 bits per heavy atom. The van der Waals surface area contributed by atoms with Crippen LogP contribution in [0.15, 0.2) is 42.7 Å². The Balaban J connectivity index is 1.34. The summed E-state index contributed by atoms with van der Waals surface area (Å²) in [5.41, 5.74) is 2.41. The topological polar surface area (TPSA) is 44.3 Å². The van der Waals surface area contributed by atoms with Gasteiger partial charge in [0.25, 0.3) is 0 Å². The summed E-state index contributed by atoms with van der Waals surface area (Å²) < 4.78 is 2.28. The summed E-state index contributed by atoms with van der Waals surface area (Å²) in [6, 6.07) is 6.31. The van der Waals surface area contributed by atoms with Gasteiger partial charge in [0.2, 0.25) is 0 Å². The summed E-state index contributed by atoms with van der Waals surface area (Å²) in [5.74, 6) is 3.06. The van der Waals surface area contributed by atoms with E-state index in [4.69, 9.17) is 6.58 Å². The molecule has 2 unspecified atom stereocenters. The third kappa shape index (κ3) is 3.49. The number of fused-ring (bicyclic) bond motifs is 7. The van der Waals surface area contributed by atoms with Gasteiger partial charge < -0.3 is 10.2 Å². The molecule has 0 bridgehead atoms. The zero-order chi connectivity index (χ0) is 27.1. The first-order valence-corrected chi connectivity index (χ1v) is 15.8. The molecule has 3 nitrogen and oxygen atoms in total. The van der Waals surface area contributed by atoms with Crippen molar-refractivity contribution in [3.8, 4) is 0 Å². The molecule has 0 aliphatic heterocycles. The first-order valence-electron chi connectivity index (χ1n) is 15.8. The van der Waals surface area contributed by atoms with Crippen LogP contribution in [0.5, 0.6) is 0 Å². The number of rotatable bonds is 4. The molecule has 0 spiro atoms. The fourth-order valence-electron chi connectivity index (χ4n) is 12.3. The molecule has 210 valence electrons. The van der Waals surface area contributed by atoms with E-state index in [-0.39, 0.29) is 16.9 Å². The van der Waals surface area contributed by atoms with E-state index in [0.717, 1.165) is 25.3 Å². The summed E-state index contributed by atoms with van der Waals surface area (Å²) in [6.07, 6.45) is 16.3. The standard InChI is InChI=1S/C35H54NO2/c1-24(22-36-20-8-7-9-21-36)25-12-17-35(23-37)19-18-33(5)26(30(25)35)10-11-28-32(4)15-14-29(38)31(2,3)27(32)13-16-34(28,33)6/h7-9,20-21,25-30,37-38H,1,10-19,22-23H2,2-6H3/q+1/t25-,26+,27-,28?,29?,30+,32-,33+,34+,35+/m0/s1. The van der Waals surface area contributed by atoms with Crippen molar-refractivity contribution in [1.82, 2.24) is 0 Å². The van der Waals surface area contributed by atoms with Gasteiger partial charge in [0.15, 0.2) is 18.9 Å². The van der Waals surface area contributed by atoms with Gasteiger partial charge in [0, 0.05) is 18.7 Å². The highest BCUT2D eigenvalue weighted by molar-refractivity contribution is 5.21. The Kier molecular flexibility index (Phi) is 6.33. The van der Waals surface area contributed by atoms with Gasteiger partial charge in [-0.05, 0) is 126 Å². The molecule has 0 saturated heterocycles. The van der Waals surface area contributed by atoms with Gasteiger partial charge in [-0.2, -0.15) is 0 Å². The summed E-state index contributed by atoms with van der Waals surface area (Å²) >= 11 is 0. The molecule has 1 aromatic rings. The van der Waals surface area contributed by atoms with Crippen LogP contribution in [0.3, 0.4) is 0 Å². The molecule has 0 radical (unpaired) electrons. The van der Waals surface area contributed by atoms with Gasteiger partial charge in [0.05, 0.1) is 6.10 Å². The van der Waals surface area contributed by atoms with Crippen molar-refractivity contribution in [2.45, 2.75) is 111 Å². The average molecular weight is 521 g/mol. The summed E-state index contributed by atoms with van der Waals surface area (Å²) in [7, 11) is 0. The number of aliphatic hydroxyl groups is 2. The second-order valence-corrected chi connectivity index (χ2v) is 15.9. The van der Waals surface area contributed by atoms with Crippen LogP contribution in [0.25, 0.3) is 0 Å². The Labute approximate surface area is 232 Å². The van der Waals surface area contributed by atoms with Crippen molar-refractivity contribution in [2.75, 3.05) is 6.61 Å². The molecule has 1 aromatic heterocycles. The number of hydrogen-bond acceptors (Lipinski definition) is 2. The van der Waals surface area contributed by atoms with Crippen LogP contribution in [0.1, 0.15) is 98.8 Å². The lowest BCUT2D eigenvalue weighted by Gasteiger charge is -2.73. The number of aliphatic hydroxyl groups excluding tert-OH is 2. The van der Waals surface area contributed by atoms with E-state index in [9.17, 15) is 10.2 Å². The summed E-state index contributed by atoms with van der Waals surface area (Å²) in [4.78, 5) is 0. The zero-order valence-electron chi connectivity index (χ0n) is 24.9. The highest BCUT2D eigenvalue weighted by atomic mass is 16.3. The van der Waals surface area contributed by atoms with Gasteiger partial charge in [-0.15, -0.1) is 0 Å². The van der Waals surface area contributed by atoms with Gasteiger partial charge in [0.1, 0.15) is 0 Å². The van der Waals surface area contributed by atoms with E-state index < -0.39 is 0 Å². The molecule has 0 aromatic carbocycles. The van der Waals surface area contributed by atoms with Crippen LogP contribution >= 0.6 is 0 Å². The van der Waals surface area contributed by atoms with Crippen molar-refractivity contribution >= 4 is 0 Å². The lowest BCUT2D eigenvalue weighted by Crippen LogP contribution is -2.66. The molecule has 1 heterocycles. The first kappa shape index (κ1) is 27.0. The SMILES string of the molecule is C=C(C[n+]1ccccc1)[C@@H]1CC[C@]2(CO)CC[C@]3(C)[C@H](CCC4[C@@]5(C)CCC(O)C(C)(C)[C@@H]5CC[C@]43C)[C@@H]12. The average Bonchev–Trinajstić information content (AvgIpc) is 3.28. The summed E-state index contributed by atoms with van der Waals surface area (Å²) in [5, 5.41) is 21.9. The highest BCUT2D eigenvalue weighted by Gasteiger charge is 2.70. The van der Waals surface area contributed by atoms with Crippen LogP contribution in [0, 0.1) is 56.7 Å². The normalized spacial score (nSPS) is 49.3. The van der Waals surface area contributed by atoms with Crippen LogP contribution in [0.4, 0.5) is 0 Å². The molecule has 38 heavy (non-hydrogen) atoms. The molecule has 5 aliphatic rings. The Hall–Kier alpha value is -1.19. The Bertz CT molecular complexity index is 1070. The van der Waals surface area contributed by atoms with E-state index in [0.29, 0.717) is 46.5 Å². The number of hydrogen-bond donors (Lipinski definition) is 2. The second-order valence-electron chi connectivity index (χ2n) is 15.9. The van der Waals surface area contributed by atoms with Crippen LogP contribution in [0.2, 0.25) is 0 Å². The number of pyridine rings is 1. The molecule has 5 fully saturated rings. The Morgan fingerprint density at radius 3 is 2.26 bits per heavy atom. The quantitative estimate of drug-likeness (QED) is 0.333. The van der Waals surface area contributed by atoms with Crippen molar-refractivity contribution in [1.29, 1.82) is 0 Å². The van der Waals surface area contributed by atoms with E-state index >= 15 is 0 Å². The molecule has 10 atom stereocenters. The number of allylic oxidation sites excluding steroid dienone is 1. The fourth-order valence-corrected chi connectivity index (χ4v) is 12.3. The largest absolute Gasteiger partial charge is 0.396 e. The van der Waals surface area contributed by atoms with Crippen LogP contribution in [-0.2, 0) is 6.54 Å². The molecule has 2 N–H and O–H groups in total. The smallest absolute Gasteiger partial charge is 0.169 e. The Morgan fingerprint density at radius 1 is 0.816 bits per heavy atom. The highest BCUT2D eigenvalue weighted by Crippen LogP contribution is 2.77. The molecule has 0 amide bonds. The molecule has 6 rings (SSSR count). The van der Waals surface area contributed by atoms with Crippen molar-refractivity contribution in [2.24, 2.45) is 56.7 Å². The van der Waals surface area contributed by atoms with E-state index in [2.05, 4.69) is 69.8 Å². The molecule has 5 saturated carbocycles. The summed E-state index contributed by atoms with van der Waals surface area (Å²) in [6.45, 7) is 18.6. The van der Waals surface area contributed by atoms with E-state index in [1.807, 2.05) is 0 Å². The maximum Gasteiger partial charge on any atom is 0.169 e. The zero-order valence-corrected chi connectivity index (χ0v) is 24.9. The van der Waals surface area contributed by atoms with Crippen molar-refractivity contribution < 1.29 is 14.8 Å². The lowest BCUT2D eigenvalue weighted by molar-refractivity contribution is -0.689. The minimum Gasteiger partial charge on any atom is -0.396 e. The minimum absolute atomic E-state index is 0.00802. The molecular weight excluding hydrogens is 466 g/mol. The van der Waals surface area contributed by atoms with Gasteiger partial charge in [-0.25, -0.2) is 4.57 Å². The van der Waals surface area contributed by atoms with Crippen LogP contribution in [-0.4, -0.2) is 22.9 Å². The second kappa shape index (κ2) is 8.90. The van der Waals surface area contributed by atoms with Crippen molar-refractivity contribution in [3.63, 3.8) is 0 Å².